The van der Waals surface area contributed by atoms with Crippen LogP contribution in [0.3, 0.4) is 0 Å². The Morgan fingerprint density at radius 2 is 1.84 bits per heavy atom. The molecule has 3 aromatic rings. The number of hydrogen-bond donors (Lipinski definition) is 0. The Bertz CT molecular complexity index is 1140. The number of fused-ring (bicyclic) bond motifs is 1. The number of halogens is 1. The van der Waals surface area contributed by atoms with Gasteiger partial charge in [0.05, 0.1) is 11.7 Å². The fraction of sp³-hybridized carbons (Fsp3) is 0.360. The normalized spacial score (nSPS) is 22.7. The van der Waals surface area contributed by atoms with E-state index in [2.05, 4.69) is 61.4 Å². The van der Waals surface area contributed by atoms with Crippen LogP contribution in [0.2, 0.25) is 5.02 Å². The first-order chi connectivity index (χ1) is 15.0. The molecule has 4 nitrogen and oxygen atoms in total. The fourth-order valence-electron chi connectivity index (χ4n) is 5.08. The third-order valence-corrected chi connectivity index (χ3v) is 8.10. The molecule has 5 rings (SSSR count). The number of benzene rings is 1. The highest BCUT2D eigenvalue weighted by atomic mass is 35.5. The van der Waals surface area contributed by atoms with Crippen molar-refractivity contribution in [3.8, 4) is 5.69 Å². The van der Waals surface area contributed by atoms with Gasteiger partial charge < -0.3 is 9.47 Å². The van der Waals surface area contributed by atoms with Crippen LogP contribution < -0.4 is 0 Å². The van der Waals surface area contributed by atoms with Crippen LogP contribution in [0.25, 0.3) is 5.69 Å². The highest BCUT2D eigenvalue weighted by Crippen LogP contribution is 2.50. The van der Waals surface area contributed by atoms with E-state index in [-0.39, 0.29) is 12.1 Å². The second-order valence-corrected chi connectivity index (χ2v) is 9.78. The van der Waals surface area contributed by atoms with Crippen LogP contribution in [-0.4, -0.2) is 31.4 Å². The molecule has 1 fully saturated rings. The summed E-state index contributed by atoms with van der Waals surface area (Å²) in [5.74, 6) is 1.11. The smallest absolute Gasteiger partial charge is 0.160 e. The summed E-state index contributed by atoms with van der Waals surface area (Å²) >= 11 is 8.05. The van der Waals surface area contributed by atoms with Gasteiger partial charge in [-0.1, -0.05) is 36.4 Å². The molecule has 4 heterocycles. The minimum absolute atomic E-state index is 0.0101. The predicted molar refractivity (Wildman–Crippen MR) is 131 cm³/mol. The standard InChI is InChI=1S/C25H27ClN4S/c1-5-19-14-31-25-28-23(21-8-6-7-13-27-21)24(30(19)25)22-15(2)16(3)29(17(22)4)20-11-9-18(26)10-12-20/h6-13,19,23-24H,5,14H2,1-4H3/t19-,23+,24+/m1/s1. The molecule has 0 spiro atoms. The van der Waals surface area contributed by atoms with Gasteiger partial charge in [0.2, 0.25) is 0 Å². The molecule has 160 valence electrons. The van der Waals surface area contributed by atoms with E-state index in [0.29, 0.717) is 6.04 Å². The summed E-state index contributed by atoms with van der Waals surface area (Å²) in [6.45, 7) is 8.98. The Labute approximate surface area is 193 Å². The summed E-state index contributed by atoms with van der Waals surface area (Å²) in [6.07, 6.45) is 3.00. The molecule has 0 amide bonds. The Morgan fingerprint density at radius 3 is 2.52 bits per heavy atom. The lowest BCUT2D eigenvalue weighted by Gasteiger charge is -2.32. The average Bonchev–Trinajstić information content (AvgIpc) is 3.41. The maximum Gasteiger partial charge on any atom is 0.160 e. The van der Waals surface area contributed by atoms with Crippen LogP contribution in [0.5, 0.6) is 0 Å². The number of aromatic nitrogens is 2. The van der Waals surface area contributed by atoms with Gasteiger partial charge in [0, 0.05) is 45.7 Å². The second-order valence-electron chi connectivity index (χ2n) is 8.36. The maximum absolute atomic E-state index is 6.16. The number of aliphatic imine (C=N–C) groups is 1. The van der Waals surface area contributed by atoms with Crippen LogP contribution in [0.4, 0.5) is 0 Å². The van der Waals surface area contributed by atoms with E-state index in [1.807, 2.05) is 36.2 Å². The zero-order valence-electron chi connectivity index (χ0n) is 18.3. The van der Waals surface area contributed by atoms with Gasteiger partial charge in [-0.15, -0.1) is 0 Å². The first kappa shape index (κ1) is 20.7. The number of hydrogen-bond acceptors (Lipinski definition) is 4. The monoisotopic (exact) mass is 450 g/mol. The molecule has 0 bridgehead atoms. The number of nitrogens with zero attached hydrogens (tertiary/aromatic N) is 4. The van der Waals surface area contributed by atoms with Crippen LogP contribution in [0.15, 0.2) is 53.7 Å². The molecule has 6 heteroatoms. The number of amidine groups is 1. The molecule has 2 aromatic heterocycles. The minimum atomic E-state index is 0.0101. The van der Waals surface area contributed by atoms with Crippen LogP contribution in [-0.2, 0) is 0 Å². The quantitative estimate of drug-likeness (QED) is 0.459. The lowest BCUT2D eigenvalue weighted by Crippen LogP contribution is -2.35. The van der Waals surface area contributed by atoms with E-state index in [0.717, 1.165) is 28.6 Å². The molecular formula is C25H27ClN4S. The van der Waals surface area contributed by atoms with E-state index in [1.54, 1.807) is 0 Å². The Balaban J connectivity index is 1.68. The average molecular weight is 451 g/mol. The van der Waals surface area contributed by atoms with Crippen molar-refractivity contribution in [3.63, 3.8) is 0 Å². The molecule has 2 aliphatic rings. The van der Waals surface area contributed by atoms with Gasteiger partial charge in [0.15, 0.2) is 5.17 Å². The molecule has 0 radical (unpaired) electrons. The van der Waals surface area contributed by atoms with Crippen LogP contribution in [0, 0.1) is 20.8 Å². The van der Waals surface area contributed by atoms with Crippen molar-refractivity contribution in [1.82, 2.24) is 14.5 Å². The number of rotatable bonds is 4. The number of thioether (sulfide) groups is 1. The van der Waals surface area contributed by atoms with E-state index in [1.165, 1.54) is 27.7 Å². The van der Waals surface area contributed by atoms with Gasteiger partial charge in [-0.25, -0.2) is 0 Å². The van der Waals surface area contributed by atoms with Crippen LogP contribution in [0.1, 0.15) is 53.6 Å². The molecule has 0 N–H and O–H groups in total. The molecule has 31 heavy (non-hydrogen) atoms. The highest BCUT2D eigenvalue weighted by molar-refractivity contribution is 8.14. The zero-order chi connectivity index (χ0) is 21.7. The minimum Gasteiger partial charge on any atom is -0.338 e. The van der Waals surface area contributed by atoms with Crippen molar-refractivity contribution >= 4 is 28.5 Å². The summed E-state index contributed by atoms with van der Waals surface area (Å²) in [4.78, 5) is 12.5. The van der Waals surface area contributed by atoms with E-state index < -0.39 is 0 Å². The summed E-state index contributed by atoms with van der Waals surface area (Å²) in [5, 5.41) is 1.93. The maximum atomic E-state index is 6.16. The first-order valence-corrected chi connectivity index (χ1v) is 12.2. The van der Waals surface area contributed by atoms with Crippen LogP contribution >= 0.6 is 23.4 Å². The van der Waals surface area contributed by atoms with Crippen molar-refractivity contribution in [2.45, 2.75) is 52.2 Å². The molecular weight excluding hydrogens is 424 g/mol. The molecule has 0 saturated carbocycles. The van der Waals surface area contributed by atoms with Crippen molar-refractivity contribution in [3.05, 3.63) is 81.9 Å². The van der Waals surface area contributed by atoms with Gasteiger partial charge in [0.25, 0.3) is 0 Å². The largest absolute Gasteiger partial charge is 0.338 e. The molecule has 0 unspecified atom stereocenters. The van der Waals surface area contributed by atoms with Crippen molar-refractivity contribution in [2.75, 3.05) is 5.75 Å². The summed E-state index contributed by atoms with van der Waals surface area (Å²) in [5.41, 5.74) is 7.43. The van der Waals surface area contributed by atoms with Gasteiger partial charge in [-0.3, -0.25) is 9.98 Å². The highest BCUT2D eigenvalue weighted by Gasteiger charge is 2.47. The summed E-state index contributed by atoms with van der Waals surface area (Å²) < 4.78 is 2.36. The van der Waals surface area contributed by atoms with Crippen molar-refractivity contribution in [1.29, 1.82) is 0 Å². The fourth-order valence-corrected chi connectivity index (χ4v) is 6.55. The second kappa shape index (κ2) is 8.03. The SMILES string of the molecule is CC[C@@H]1CSC2=N[C@@H](c3ccccn3)[C@H](c3c(C)c(C)n(-c4ccc(Cl)cc4)c3C)N21. The predicted octanol–water partition coefficient (Wildman–Crippen LogP) is 6.43. The third kappa shape index (κ3) is 3.30. The molecule has 3 atom stereocenters. The van der Waals surface area contributed by atoms with Crippen molar-refractivity contribution < 1.29 is 0 Å². The molecule has 0 aliphatic carbocycles. The van der Waals surface area contributed by atoms with Gasteiger partial charge in [-0.05, 0) is 69.2 Å². The zero-order valence-corrected chi connectivity index (χ0v) is 19.9. The summed E-state index contributed by atoms with van der Waals surface area (Å²) in [6, 6.07) is 14.9. The summed E-state index contributed by atoms with van der Waals surface area (Å²) in [7, 11) is 0. The van der Waals surface area contributed by atoms with E-state index >= 15 is 0 Å². The topological polar surface area (TPSA) is 33.4 Å². The lowest BCUT2D eigenvalue weighted by molar-refractivity contribution is 0.254. The van der Waals surface area contributed by atoms with Crippen molar-refractivity contribution in [2.24, 2.45) is 4.99 Å². The van der Waals surface area contributed by atoms with E-state index in [4.69, 9.17) is 21.6 Å². The lowest BCUT2D eigenvalue weighted by atomic mass is 9.92. The Morgan fingerprint density at radius 1 is 1.06 bits per heavy atom. The Hall–Kier alpha value is -2.24. The molecule has 1 aromatic carbocycles. The van der Waals surface area contributed by atoms with Gasteiger partial charge >= 0.3 is 0 Å². The van der Waals surface area contributed by atoms with Gasteiger partial charge in [0.1, 0.15) is 6.04 Å². The van der Waals surface area contributed by atoms with E-state index in [9.17, 15) is 0 Å². The Kier molecular flexibility index (Phi) is 5.35. The first-order valence-electron chi connectivity index (χ1n) is 10.9. The third-order valence-electron chi connectivity index (χ3n) is 6.72. The molecule has 1 saturated heterocycles. The van der Waals surface area contributed by atoms with Gasteiger partial charge in [-0.2, -0.15) is 0 Å². The number of pyridine rings is 1. The molecule has 2 aliphatic heterocycles.